The molecule has 0 unspecified atom stereocenters. The molecule has 0 saturated carbocycles. The molecule has 0 bridgehead atoms. The summed E-state index contributed by atoms with van der Waals surface area (Å²) in [5.74, 6) is 0.743. The van der Waals surface area contributed by atoms with Crippen molar-refractivity contribution in [1.29, 1.82) is 0 Å². The van der Waals surface area contributed by atoms with Gasteiger partial charge < -0.3 is 19.4 Å². The second-order valence-electron chi connectivity index (χ2n) is 6.25. The normalized spacial score (nSPS) is 12.5. The van der Waals surface area contributed by atoms with Gasteiger partial charge in [-0.3, -0.25) is 4.79 Å². The summed E-state index contributed by atoms with van der Waals surface area (Å²) in [7, 11) is 5.83. The fourth-order valence-electron chi connectivity index (χ4n) is 2.86. The summed E-state index contributed by atoms with van der Waals surface area (Å²) in [6.07, 6.45) is 1.96. The van der Waals surface area contributed by atoms with Crippen molar-refractivity contribution in [2.75, 3.05) is 27.7 Å². The number of fused-ring (bicyclic) bond motifs is 1. The Balaban J connectivity index is 1.64. The van der Waals surface area contributed by atoms with Gasteiger partial charge in [0.15, 0.2) is 0 Å². The molecule has 1 atom stereocenters. The molecule has 25 heavy (non-hydrogen) atoms. The molecule has 1 amide bonds. The van der Waals surface area contributed by atoms with Crippen molar-refractivity contribution in [1.82, 2.24) is 5.32 Å². The molecule has 2 heterocycles. The van der Waals surface area contributed by atoms with Crippen molar-refractivity contribution in [3.63, 3.8) is 0 Å². The number of benzene rings is 1. The van der Waals surface area contributed by atoms with Crippen LogP contribution in [0.2, 0.25) is 0 Å². The Kier molecular flexibility index (Phi) is 5.40. The van der Waals surface area contributed by atoms with Crippen LogP contribution in [0.5, 0.6) is 5.75 Å². The second-order valence-corrected chi connectivity index (χ2v) is 7.23. The predicted molar refractivity (Wildman–Crippen MR) is 99.4 cm³/mol. The Morgan fingerprint density at radius 1 is 1.36 bits per heavy atom. The van der Waals surface area contributed by atoms with Crippen molar-refractivity contribution in [2.45, 2.75) is 12.5 Å². The zero-order valence-corrected chi connectivity index (χ0v) is 15.5. The Bertz CT molecular complexity index is 840. The summed E-state index contributed by atoms with van der Waals surface area (Å²) in [5, 5.41) is 6.08. The van der Waals surface area contributed by atoms with Crippen molar-refractivity contribution in [3.8, 4) is 5.75 Å². The molecular weight excluding hydrogens is 336 g/mol. The molecule has 0 radical (unpaired) electrons. The number of hydrogen-bond donors (Lipinski definition) is 2. The van der Waals surface area contributed by atoms with Crippen LogP contribution < -0.4 is 15.0 Å². The van der Waals surface area contributed by atoms with Crippen LogP contribution >= 0.6 is 11.3 Å². The third kappa shape index (κ3) is 4.03. The quantitative estimate of drug-likeness (QED) is 0.679. The van der Waals surface area contributed by atoms with E-state index in [-0.39, 0.29) is 11.9 Å². The van der Waals surface area contributed by atoms with Crippen LogP contribution in [0.4, 0.5) is 0 Å². The first-order valence-electron chi connectivity index (χ1n) is 8.22. The second kappa shape index (κ2) is 7.72. The summed E-state index contributed by atoms with van der Waals surface area (Å²) in [6.45, 7) is 0.616. The monoisotopic (exact) mass is 359 g/mol. The van der Waals surface area contributed by atoms with Crippen molar-refractivity contribution < 1.29 is 18.8 Å². The highest BCUT2D eigenvalue weighted by atomic mass is 32.1. The Morgan fingerprint density at radius 3 is 2.88 bits per heavy atom. The number of furan rings is 1. The van der Waals surface area contributed by atoms with Crippen LogP contribution in [-0.2, 0) is 11.2 Å². The van der Waals surface area contributed by atoms with Crippen molar-refractivity contribution in [3.05, 3.63) is 52.4 Å². The van der Waals surface area contributed by atoms with E-state index in [1.807, 2.05) is 24.3 Å². The minimum Gasteiger partial charge on any atom is -0.497 e. The number of carbonyl (C=O) groups is 1. The molecule has 0 aliphatic carbocycles. The van der Waals surface area contributed by atoms with E-state index in [9.17, 15) is 4.79 Å². The zero-order chi connectivity index (χ0) is 17.8. The Labute approximate surface area is 151 Å². The molecule has 5 nitrogen and oxygen atoms in total. The Hall–Kier alpha value is -2.31. The molecule has 6 heteroatoms. The van der Waals surface area contributed by atoms with Gasteiger partial charge in [0.1, 0.15) is 17.4 Å². The summed E-state index contributed by atoms with van der Waals surface area (Å²) in [6, 6.07) is 10.1. The predicted octanol–water partition coefficient (Wildman–Crippen LogP) is 2.05. The number of amides is 1. The number of hydrogen-bond acceptors (Lipinski definition) is 4. The van der Waals surface area contributed by atoms with Crippen molar-refractivity contribution >= 4 is 28.2 Å². The lowest BCUT2D eigenvalue weighted by molar-refractivity contribution is -0.890. The number of nitrogens with one attached hydrogen (secondary N) is 2. The molecule has 132 valence electrons. The zero-order valence-electron chi connectivity index (χ0n) is 14.7. The highest BCUT2D eigenvalue weighted by Crippen LogP contribution is 2.25. The Morgan fingerprint density at radius 2 is 2.20 bits per heavy atom. The molecule has 3 aromatic rings. The van der Waals surface area contributed by atoms with Crippen LogP contribution in [-0.4, -0.2) is 33.7 Å². The maximum absolute atomic E-state index is 12.4. The van der Waals surface area contributed by atoms with Crippen LogP contribution in [0.25, 0.3) is 11.0 Å². The molecular formula is C19H23N2O3S+. The van der Waals surface area contributed by atoms with E-state index < -0.39 is 0 Å². The van der Waals surface area contributed by atoms with Gasteiger partial charge >= 0.3 is 0 Å². The standard InChI is InChI=1S/C19H22N2O3S/c1-21(2)16(18-5-4-8-25-18)11-20-19(22)9-13-12-24-17-10-14(23-3)6-7-15(13)17/h4-8,10,12,16H,9,11H2,1-3H3,(H,20,22)/p+1/t16-/m0/s1. The molecule has 2 aromatic heterocycles. The van der Waals surface area contributed by atoms with E-state index >= 15 is 0 Å². The number of methoxy groups -OCH3 is 1. The number of quaternary nitrogens is 1. The van der Waals surface area contributed by atoms with Crippen molar-refractivity contribution in [2.24, 2.45) is 0 Å². The summed E-state index contributed by atoms with van der Waals surface area (Å²) < 4.78 is 10.7. The van der Waals surface area contributed by atoms with E-state index in [1.54, 1.807) is 24.7 Å². The van der Waals surface area contributed by atoms with Crippen LogP contribution in [0.15, 0.2) is 46.4 Å². The third-order valence-corrected chi connectivity index (χ3v) is 5.29. The van der Waals surface area contributed by atoms with Crippen LogP contribution in [0, 0.1) is 0 Å². The number of ether oxygens (including phenoxy) is 1. The lowest BCUT2D eigenvalue weighted by Gasteiger charge is -2.20. The highest BCUT2D eigenvalue weighted by molar-refractivity contribution is 7.10. The van der Waals surface area contributed by atoms with E-state index in [2.05, 4.69) is 30.9 Å². The van der Waals surface area contributed by atoms with Gasteiger partial charge in [0.2, 0.25) is 5.91 Å². The maximum Gasteiger partial charge on any atom is 0.224 e. The van der Waals surface area contributed by atoms with E-state index in [0.29, 0.717) is 13.0 Å². The van der Waals surface area contributed by atoms with Crippen LogP contribution in [0.1, 0.15) is 16.5 Å². The van der Waals surface area contributed by atoms with Gasteiger partial charge in [0.25, 0.3) is 0 Å². The maximum atomic E-state index is 12.4. The SMILES string of the molecule is COc1ccc2c(CC(=O)NC[C@@H](c3cccs3)[NH+](C)C)coc2c1. The van der Waals surface area contributed by atoms with Crippen LogP contribution in [0.3, 0.4) is 0 Å². The minimum absolute atomic E-state index is 0.00123. The molecule has 1 aromatic carbocycles. The van der Waals surface area contributed by atoms with Gasteiger partial charge in [-0.05, 0) is 23.6 Å². The summed E-state index contributed by atoms with van der Waals surface area (Å²) >= 11 is 1.72. The van der Waals surface area contributed by atoms with Gasteiger partial charge in [-0.1, -0.05) is 6.07 Å². The molecule has 3 rings (SSSR count). The lowest BCUT2D eigenvalue weighted by atomic mass is 10.1. The first-order valence-corrected chi connectivity index (χ1v) is 9.10. The fraction of sp³-hybridized carbons (Fsp3) is 0.316. The molecule has 0 spiro atoms. The highest BCUT2D eigenvalue weighted by Gasteiger charge is 2.20. The van der Waals surface area contributed by atoms with Gasteiger partial charge in [0, 0.05) is 17.0 Å². The van der Waals surface area contributed by atoms with Gasteiger partial charge in [0.05, 0.1) is 45.3 Å². The number of likely N-dealkylation sites (N-methyl/N-ethyl adjacent to an activating group) is 1. The molecule has 0 aliphatic rings. The fourth-order valence-corrected chi connectivity index (χ4v) is 3.81. The van der Waals surface area contributed by atoms with E-state index in [1.165, 1.54) is 9.78 Å². The molecule has 2 N–H and O–H groups in total. The third-order valence-electron chi connectivity index (χ3n) is 4.30. The molecule has 0 fully saturated rings. The average Bonchev–Trinajstić information content (AvgIpc) is 3.25. The van der Waals surface area contributed by atoms with Gasteiger partial charge in [-0.15, -0.1) is 11.3 Å². The van der Waals surface area contributed by atoms with Gasteiger partial charge in [-0.25, -0.2) is 0 Å². The first-order chi connectivity index (χ1) is 12.1. The lowest BCUT2D eigenvalue weighted by Crippen LogP contribution is -3.06. The number of thiophene rings is 1. The average molecular weight is 359 g/mol. The first kappa shape index (κ1) is 17.5. The van der Waals surface area contributed by atoms with E-state index in [0.717, 1.165) is 22.3 Å². The number of carbonyl (C=O) groups excluding carboxylic acids is 1. The molecule has 0 aliphatic heterocycles. The number of rotatable bonds is 7. The summed E-state index contributed by atoms with van der Waals surface area (Å²) in [5.41, 5.74) is 1.62. The largest absolute Gasteiger partial charge is 0.497 e. The topological polar surface area (TPSA) is 55.9 Å². The smallest absolute Gasteiger partial charge is 0.224 e. The van der Waals surface area contributed by atoms with Gasteiger partial charge in [-0.2, -0.15) is 0 Å². The molecule has 0 saturated heterocycles. The summed E-state index contributed by atoms with van der Waals surface area (Å²) in [4.78, 5) is 15.0. The van der Waals surface area contributed by atoms with E-state index in [4.69, 9.17) is 9.15 Å². The minimum atomic E-state index is 0.00123.